The molecule has 0 N–H and O–H groups in total. The summed E-state index contributed by atoms with van der Waals surface area (Å²) < 4.78 is 1.14. The zero-order valence-corrected chi connectivity index (χ0v) is 9.45. The number of thiocarbonyl (C=S) groups is 1. The summed E-state index contributed by atoms with van der Waals surface area (Å²) in [5.41, 5.74) is 0. The standard InChI is InChI=1S/C8H14S3/c1-3-6(2)7-4-10-8(9)11-5-7/h6-7H,3-5H2,1-2H3. The molecule has 0 aromatic carbocycles. The van der Waals surface area contributed by atoms with E-state index in [1.165, 1.54) is 17.9 Å². The number of rotatable bonds is 2. The highest BCUT2D eigenvalue weighted by Crippen LogP contribution is 2.33. The molecule has 0 spiro atoms. The van der Waals surface area contributed by atoms with Gasteiger partial charge in [-0.2, -0.15) is 0 Å². The molecule has 1 aliphatic rings. The summed E-state index contributed by atoms with van der Waals surface area (Å²) in [6.07, 6.45) is 1.30. The van der Waals surface area contributed by atoms with Gasteiger partial charge in [0.25, 0.3) is 0 Å². The van der Waals surface area contributed by atoms with Crippen molar-refractivity contribution in [1.29, 1.82) is 0 Å². The lowest BCUT2D eigenvalue weighted by Gasteiger charge is -2.26. The largest absolute Gasteiger partial charge is 0.107 e. The van der Waals surface area contributed by atoms with Crippen LogP contribution in [0.4, 0.5) is 0 Å². The Labute approximate surface area is 82.9 Å². The van der Waals surface area contributed by atoms with Gasteiger partial charge in [-0.3, -0.25) is 0 Å². The topological polar surface area (TPSA) is 0 Å². The first-order valence-corrected chi connectivity index (χ1v) is 6.41. The maximum atomic E-state index is 5.11. The lowest BCUT2D eigenvalue weighted by molar-refractivity contribution is 0.420. The van der Waals surface area contributed by atoms with Crippen molar-refractivity contribution in [2.75, 3.05) is 11.5 Å². The minimum absolute atomic E-state index is 0.873. The third-order valence-corrected chi connectivity index (χ3v) is 5.35. The molecule has 1 heterocycles. The van der Waals surface area contributed by atoms with E-state index >= 15 is 0 Å². The summed E-state index contributed by atoms with van der Waals surface area (Å²) in [7, 11) is 0. The van der Waals surface area contributed by atoms with Gasteiger partial charge in [-0.15, -0.1) is 23.5 Å². The van der Waals surface area contributed by atoms with E-state index in [0.29, 0.717) is 0 Å². The third kappa shape index (κ3) is 2.96. The Hall–Kier alpha value is 0.790. The van der Waals surface area contributed by atoms with E-state index in [4.69, 9.17) is 12.2 Å². The molecule has 1 aliphatic heterocycles. The summed E-state index contributed by atoms with van der Waals surface area (Å²) in [4.78, 5) is 0. The van der Waals surface area contributed by atoms with Gasteiger partial charge in [0.05, 0.1) is 0 Å². The lowest BCUT2D eigenvalue weighted by atomic mass is 9.95. The van der Waals surface area contributed by atoms with Crippen LogP contribution < -0.4 is 0 Å². The maximum absolute atomic E-state index is 5.11. The highest BCUT2D eigenvalue weighted by Gasteiger charge is 2.21. The van der Waals surface area contributed by atoms with Crippen LogP contribution in [0.15, 0.2) is 0 Å². The Morgan fingerprint density at radius 1 is 1.55 bits per heavy atom. The quantitative estimate of drug-likeness (QED) is 0.636. The molecular weight excluding hydrogens is 192 g/mol. The smallest absolute Gasteiger partial charge is 0.104 e. The van der Waals surface area contributed by atoms with E-state index in [2.05, 4.69) is 13.8 Å². The van der Waals surface area contributed by atoms with Crippen molar-refractivity contribution in [1.82, 2.24) is 0 Å². The van der Waals surface area contributed by atoms with Crippen molar-refractivity contribution in [2.45, 2.75) is 20.3 Å². The third-order valence-electron chi connectivity index (χ3n) is 2.28. The van der Waals surface area contributed by atoms with Crippen LogP contribution in [0.25, 0.3) is 0 Å². The van der Waals surface area contributed by atoms with Gasteiger partial charge in [0.2, 0.25) is 0 Å². The van der Waals surface area contributed by atoms with Crippen LogP contribution >= 0.6 is 35.7 Å². The summed E-state index contributed by atoms with van der Waals surface area (Å²) >= 11 is 8.84. The Kier molecular flexibility index (Phi) is 4.24. The molecule has 1 atom stereocenters. The Morgan fingerprint density at radius 2 is 2.09 bits per heavy atom. The fourth-order valence-electron chi connectivity index (χ4n) is 1.10. The Morgan fingerprint density at radius 3 is 2.55 bits per heavy atom. The van der Waals surface area contributed by atoms with Crippen LogP contribution in [0.2, 0.25) is 0 Å². The zero-order chi connectivity index (χ0) is 8.27. The van der Waals surface area contributed by atoms with Gasteiger partial charge in [-0.05, 0) is 11.8 Å². The van der Waals surface area contributed by atoms with Crippen LogP contribution in [0, 0.1) is 11.8 Å². The molecule has 1 rings (SSSR count). The minimum Gasteiger partial charge on any atom is -0.107 e. The summed E-state index contributed by atoms with van der Waals surface area (Å²) in [6, 6.07) is 0. The molecule has 0 radical (unpaired) electrons. The van der Waals surface area contributed by atoms with E-state index in [1.54, 1.807) is 0 Å². The average molecular weight is 206 g/mol. The van der Waals surface area contributed by atoms with E-state index in [-0.39, 0.29) is 0 Å². The molecule has 11 heavy (non-hydrogen) atoms. The van der Waals surface area contributed by atoms with Crippen LogP contribution in [0.1, 0.15) is 20.3 Å². The van der Waals surface area contributed by atoms with Crippen molar-refractivity contribution in [3.05, 3.63) is 0 Å². The number of hydrogen-bond donors (Lipinski definition) is 0. The van der Waals surface area contributed by atoms with Crippen molar-refractivity contribution in [3.8, 4) is 0 Å². The minimum atomic E-state index is 0.873. The van der Waals surface area contributed by atoms with Gasteiger partial charge >= 0.3 is 0 Å². The number of hydrogen-bond acceptors (Lipinski definition) is 3. The molecule has 1 unspecified atom stereocenters. The normalized spacial score (nSPS) is 23.6. The molecule has 0 aromatic rings. The fourth-order valence-corrected chi connectivity index (χ4v) is 3.99. The second kappa shape index (κ2) is 4.73. The van der Waals surface area contributed by atoms with E-state index in [1.807, 2.05) is 23.5 Å². The SMILES string of the molecule is CCC(C)C1CSC(=S)SC1. The van der Waals surface area contributed by atoms with E-state index < -0.39 is 0 Å². The molecule has 0 amide bonds. The molecule has 1 saturated heterocycles. The molecule has 0 nitrogen and oxygen atoms in total. The predicted molar refractivity (Wildman–Crippen MR) is 60.5 cm³/mol. The van der Waals surface area contributed by atoms with Gasteiger partial charge in [0, 0.05) is 11.5 Å². The van der Waals surface area contributed by atoms with Crippen LogP contribution in [0.3, 0.4) is 0 Å². The van der Waals surface area contributed by atoms with Gasteiger partial charge in [-0.25, -0.2) is 0 Å². The summed E-state index contributed by atoms with van der Waals surface area (Å²) in [5, 5.41) is 0. The van der Waals surface area contributed by atoms with Crippen molar-refractivity contribution in [2.24, 2.45) is 11.8 Å². The van der Waals surface area contributed by atoms with E-state index in [9.17, 15) is 0 Å². The van der Waals surface area contributed by atoms with Crippen molar-refractivity contribution < 1.29 is 0 Å². The van der Waals surface area contributed by atoms with Gasteiger partial charge in [0.15, 0.2) is 0 Å². The van der Waals surface area contributed by atoms with Crippen LogP contribution in [0.5, 0.6) is 0 Å². The molecule has 0 aliphatic carbocycles. The summed E-state index contributed by atoms with van der Waals surface area (Å²) in [5.74, 6) is 4.27. The average Bonchev–Trinajstić information content (AvgIpc) is 2.05. The first kappa shape index (κ1) is 9.87. The van der Waals surface area contributed by atoms with Gasteiger partial charge < -0.3 is 0 Å². The first-order valence-electron chi connectivity index (χ1n) is 4.03. The van der Waals surface area contributed by atoms with Crippen molar-refractivity contribution in [3.63, 3.8) is 0 Å². The highest BCUT2D eigenvalue weighted by atomic mass is 32.2. The molecule has 1 fully saturated rings. The predicted octanol–water partition coefficient (Wildman–Crippen LogP) is 3.41. The van der Waals surface area contributed by atoms with Gasteiger partial charge in [-0.1, -0.05) is 32.5 Å². The monoisotopic (exact) mass is 206 g/mol. The second-order valence-corrected chi connectivity index (χ2v) is 6.26. The molecule has 0 saturated carbocycles. The molecular formula is C8H14S3. The number of thioether (sulfide) groups is 2. The van der Waals surface area contributed by atoms with Gasteiger partial charge in [0.1, 0.15) is 3.53 Å². The van der Waals surface area contributed by atoms with E-state index in [0.717, 1.165) is 15.4 Å². The van der Waals surface area contributed by atoms with Crippen LogP contribution in [-0.4, -0.2) is 15.0 Å². The first-order chi connectivity index (χ1) is 5.24. The fraction of sp³-hybridized carbons (Fsp3) is 0.875. The molecule has 64 valence electrons. The maximum Gasteiger partial charge on any atom is 0.104 e. The zero-order valence-electron chi connectivity index (χ0n) is 7.00. The van der Waals surface area contributed by atoms with Crippen molar-refractivity contribution >= 4 is 39.3 Å². The second-order valence-electron chi connectivity index (χ2n) is 3.02. The molecule has 0 bridgehead atoms. The summed E-state index contributed by atoms with van der Waals surface area (Å²) in [6.45, 7) is 4.62. The van der Waals surface area contributed by atoms with Crippen LogP contribution in [-0.2, 0) is 0 Å². The Balaban J connectivity index is 2.32. The molecule has 3 heteroatoms. The highest BCUT2D eigenvalue weighted by molar-refractivity contribution is 8.47. The lowest BCUT2D eigenvalue weighted by Crippen LogP contribution is -2.20. The Bertz CT molecular complexity index is 134. The molecule has 0 aromatic heterocycles.